The van der Waals surface area contributed by atoms with Crippen molar-refractivity contribution in [3.63, 3.8) is 0 Å². The van der Waals surface area contributed by atoms with Gasteiger partial charge >= 0.3 is 0 Å². The van der Waals surface area contributed by atoms with Crippen LogP contribution < -0.4 is 10.6 Å². The van der Waals surface area contributed by atoms with Crippen molar-refractivity contribution in [2.45, 2.75) is 38.4 Å². The van der Waals surface area contributed by atoms with E-state index in [4.69, 9.17) is 15.6 Å². The van der Waals surface area contributed by atoms with Gasteiger partial charge in [-0.2, -0.15) is 10.8 Å². The third-order valence-electron chi connectivity index (χ3n) is 6.46. The van der Waals surface area contributed by atoms with Gasteiger partial charge in [-0.05, 0) is 43.0 Å². The van der Waals surface area contributed by atoms with E-state index in [1.807, 2.05) is 67.7 Å². The first kappa shape index (κ1) is 19.9. The minimum Gasteiger partial charge on any atom is -0.489 e. The van der Waals surface area contributed by atoms with E-state index in [1.165, 1.54) is 0 Å². The molecule has 1 fully saturated rings. The summed E-state index contributed by atoms with van der Waals surface area (Å²) in [7, 11) is 0. The Morgan fingerprint density at radius 2 is 1.97 bits per heavy atom. The summed E-state index contributed by atoms with van der Waals surface area (Å²) in [6, 6.07) is 18.0. The first-order valence-electron chi connectivity index (χ1n) is 10.7. The standard InChI is InChI=1S/C25H27N4O2/c1-2-25(30)14-20(15-25)23-22-16-27-11-12-29(22,26)24(28-23)19-9-6-10-21(13-19)31-17-18-7-4-3-5-8-18/h3-13,16,20,30H,2,14-15,17,26H2,1H3/q+1. The highest BCUT2D eigenvalue weighted by Gasteiger charge is 2.51. The number of nitrogens with zero attached hydrogens (tertiary/aromatic N) is 3. The van der Waals surface area contributed by atoms with Gasteiger partial charge in [0.2, 0.25) is 5.70 Å². The van der Waals surface area contributed by atoms with Gasteiger partial charge in [0.05, 0.1) is 23.6 Å². The first-order chi connectivity index (χ1) is 15.0. The number of fused-ring (bicyclic) bond motifs is 1. The average molecular weight is 416 g/mol. The predicted molar refractivity (Wildman–Crippen MR) is 121 cm³/mol. The smallest absolute Gasteiger partial charge is 0.265 e. The quantitative estimate of drug-likeness (QED) is 0.552. The summed E-state index contributed by atoms with van der Waals surface area (Å²) in [5.74, 6) is 8.53. The summed E-state index contributed by atoms with van der Waals surface area (Å²) in [4.78, 5) is 9.29. The lowest BCUT2D eigenvalue weighted by Gasteiger charge is -2.42. The molecule has 31 heavy (non-hydrogen) atoms. The molecule has 5 rings (SSSR count). The highest BCUT2D eigenvalue weighted by molar-refractivity contribution is 6.00. The molecule has 1 saturated carbocycles. The van der Waals surface area contributed by atoms with E-state index in [2.05, 4.69) is 4.99 Å². The van der Waals surface area contributed by atoms with Gasteiger partial charge in [-0.1, -0.05) is 43.3 Å². The molecule has 0 spiro atoms. The van der Waals surface area contributed by atoms with Gasteiger partial charge in [0.1, 0.15) is 24.3 Å². The van der Waals surface area contributed by atoms with E-state index in [0.29, 0.717) is 19.4 Å². The van der Waals surface area contributed by atoms with Crippen LogP contribution in [0.15, 0.2) is 88.4 Å². The third kappa shape index (κ3) is 3.53. The number of rotatable bonds is 6. The highest BCUT2D eigenvalue weighted by atomic mass is 16.5. The lowest BCUT2D eigenvalue weighted by Crippen LogP contribution is -2.53. The van der Waals surface area contributed by atoms with Crippen LogP contribution in [0.1, 0.15) is 37.3 Å². The van der Waals surface area contributed by atoms with Gasteiger partial charge in [0, 0.05) is 5.92 Å². The topological polar surface area (TPSA) is 80.2 Å². The molecule has 6 heteroatoms. The zero-order chi connectivity index (χ0) is 21.5. The molecule has 0 saturated heterocycles. The summed E-state index contributed by atoms with van der Waals surface area (Å²) < 4.78 is 6.00. The molecule has 1 atom stereocenters. The maximum atomic E-state index is 10.5. The van der Waals surface area contributed by atoms with Gasteiger partial charge < -0.3 is 9.84 Å². The van der Waals surface area contributed by atoms with Gasteiger partial charge in [0.25, 0.3) is 5.84 Å². The predicted octanol–water partition coefficient (Wildman–Crippen LogP) is 4.03. The fourth-order valence-corrected chi connectivity index (χ4v) is 4.51. The van der Waals surface area contributed by atoms with Crippen LogP contribution in [-0.4, -0.2) is 27.3 Å². The molecule has 0 radical (unpaired) electrons. The van der Waals surface area contributed by atoms with E-state index in [1.54, 1.807) is 12.4 Å². The second-order valence-corrected chi connectivity index (χ2v) is 8.54. The Hall–Kier alpha value is -3.06. The number of aliphatic imine (C=N–C) groups is 2. The number of allylic oxidation sites excluding steroid dienone is 2. The van der Waals surface area contributed by atoms with Crippen molar-refractivity contribution in [2.24, 2.45) is 21.7 Å². The molecule has 2 aromatic rings. The van der Waals surface area contributed by atoms with Crippen molar-refractivity contribution >= 4 is 12.1 Å². The SMILES string of the molecule is CCC1(O)CC(C2=C3C=NC=C[N+]3(N)C(c3cccc(OCc4ccccc4)c3)=N2)C1. The monoisotopic (exact) mass is 415 g/mol. The largest absolute Gasteiger partial charge is 0.489 e. The normalized spacial score (nSPS) is 28.9. The third-order valence-corrected chi connectivity index (χ3v) is 6.46. The summed E-state index contributed by atoms with van der Waals surface area (Å²) in [6.07, 6.45) is 7.52. The van der Waals surface area contributed by atoms with Crippen LogP contribution in [0.25, 0.3) is 0 Å². The molecule has 3 N–H and O–H groups in total. The maximum absolute atomic E-state index is 10.5. The Morgan fingerprint density at radius 3 is 2.74 bits per heavy atom. The molecule has 2 heterocycles. The zero-order valence-electron chi connectivity index (χ0n) is 17.6. The molecule has 3 aliphatic rings. The minimum absolute atomic E-state index is 0.0119. The second-order valence-electron chi connectivity index (χ2n) is 8.54. The molecule has 0 aromatic heterocycles. The second kappa shape index (κ2) is 7.57. The van der Waals surface area contributed by atoms with Crippen LogP contribution in [0.3, 0.4) is 0 Å². The Morgan fingerprint density at radius 1 is 1.16 bits per heavy atom. The molecule has 1 aliphatic carbocycles. The van der Waals surface area contributed by atoms with E-state index in [9.17, 15) is 5.11 Å². The Kier molecular flexibility index (Phi) is 4.85. The number of amidine groups is 1. The number of hydrogen-bond donors (Lipinski definition) is 2. The maximum Gasteiger partial charge on any atom is 0.265 e. The molecular weight excluding hydrogens is 388 g/mol. The average Bonchev–Trinajstić information content (AvgIpc) is 3.09. The van der Waals surface area contributed by atoms with Crippen molar-refractivity contribution in [3.05, 3.63) is 89.5 Å². The lowest BCUT2D eigenvalue weighted by atomic mass is 9.68. The summed E-state index contributed by atoms with van der Waals surface area (Å²) in [5, 5.41) is 10.5. The van der Waals surface area contributed by atoms with Crippen LogP contribution in [0.2, 0.25) is 0 Å². The fourth-order valence-electron chi connectivity index (χ4n) is 4.51. The van der Waals surface area contributed by atoms with E-state index in [-0.39, 0.29) is 10.5 Å². The zero-order valence-corrected chi connectivity index (χ0v) is 17.6. The van der Waals surface area contributed by atoms with Crippen LogP contribution in [-0.2, 0) is 6.61 Å². The van der Waals surface area contributed by atoms with E-state index < -0.39 is 5.60 Å². The number of hydrogen-bond acceptors (Lipinski definition) is 5. The molecule has 6 nitrogen and oxygen atoms in total. The van der Waals surface area contributed by atoms with Gasteiger partial charge in [-0.15, -0.1) is 4.59 Å². The summed E-state index contributed by atoms with van der Waals surface area (Å²) >= 11 is 0. The first-order valence-corrected chi connectivity index (χ1v) is 10.7. The van der Waals surface area contributed by atoms with Crippen LogP contribution in [0, 0.1) is 5.92 Å². The molecule has 1 unspecified atom stereocenters. The molecule has 2 aromatic carbocycles. The molecule has 158 valence electrons. The summed E-state index contributed by atoms with van der Waals surface area (Å²) in [6.45, 7) is 2.52. The van der Waals surface area contributed by atoms with Crippen LogP contribution in [0.5, 0.6) is 5.75 Å². The lowest BCUT2D eigenvalue weighted by molar-refractivity contribution is -0.750. The van der Waals surface area contributed by atoms with Crippen molar-refractivity contribution < 1.29 is 14.4 Å². The number of quaternary nitrogens is 1. The highest BCUT2D eigenvalue weighted by Crippen LogP contribution is 2.48. The Bertz CT molecular complexity index is 1110. The number of benzene rings is 2. The fraction of sp³-hybridized carbons (Fsp3) is 0.280. The summed E-state index contributed by atoms with van der Waals surface area (Å²) in [5.41, 5.74) is 3.23. The van der Waals surface area contributed by atoms with Gasteiger partial charge in [-0.3, -0.25) is 4.99 Å². The van der Waals surface area contributed by atoms with Crippen molar-refractivity contribution in [1.29, 1.82) is 0 Å². The van der Waals surface area contributed by atoms with Crippen molar-refractivity contribution in [3.8, 4) is 5.75 Å². The number of nitrogens with two attached hydrogens (primary N) is 1. The Balaban J connectivity index is 1.43. The minimum atomic E-state index is -0.590. The Labute approximate surface area is 182 Å². The van der Waals surface area contributed by atoms with Crippen LogP contribution in [0.4, 0.5) is 0 Å². The molecular formula is C25H27N4O2+. The van der Waals surface area contributed by atoms with Gasteiger partial charge in [0.15, 0.2) is 0 Å². The van der Waals surface area contributed by atoms with Gasteiger partial charge in [-0.25, -0.2) is 0 Å². The van der Waals surface area contributed by atoms with Crippen molar-refractivity contribution in [2.75, 3.05) is 0 Å². The molecule has 0 bridgehead atoms. The van der Waals surface area contributed by atoms with E-state index in [0.717, 1.165) is 40.5 Å². The molecule has 0 amide bonds. The number of aliphatic hydroxyl groups is 1. The molecule has 2 aliphatic heterocycles. The van der Waals surface area contributed by atoms with Crippen molar-refractivity contribution in [1.82, 2.24) is 0 Å². The van der Waals surface area contributed by atoms with E-state index >= 15 is 0 Å². The number of ether oxygens (including phenoxy) is 1. The van der Waals surface area contributed by atoms with Crippen LogP contribution >= 0.6 is 0 Å².